The number of fused-ring (bicyclic) bond motifs is 1. The van der Waals surface area contributed by atoms with E-state index in [0.29, 0.717) is 18.7 Å². The Labute approximate surface area is 152 Å². The Morgan fingerprint density at radius 3 is 2.65 bits per heavy atom. The monoisotopic (exact) mass is 341 g/mol. The number of likely N-dealkylation sites (tertiary alicyclic amines) is 1. The predicted molar refractivity (Wildman–Crippen MR) is 103 cm³/mol. The molecular formula is C22H19N3O. The molecule has 0 bridgehead atoms. The maximum Gasteiger partial charge on any atom is 0.254 e. The zero-order valence-corrected chi connectivity index (χ0v) is 14.6. The lowest BCUT2D eigenvalue weighted by Crippen LogP contribution is -2.57. The molecule has 0 aromatic heterocycles. The van der Waals surface area contributed by atoms with Gasteiger partial charge in [-0.25, -0.2) is 0 Å². The second-order valence-corrected chi connectivity index (χ2v) is 6.81. The number of rotatable bonds is 3. The van der Waals surface area contributed by atoms with Crippen molar-refractivity contribution in [3.63, 3.8) is 0 Å². The number of aryl methyl sites for hydroxylation is 1. The fraction of sp³-hybridized carbons (Fsp3) is 0.182. The standard InChI is InChI=1S/C22H19N3O/c1-15-5-6-18-11-19(8-7-17(18)9-15)22(26)25-13-21(14-25)24-20-4-2-3-16(10-20)12-23/h2-11,21,24H,13-14H2,1H3. The van der Waals surface area contributed by atoms with Gasteiger partial charge in [-0.15, -0.1) is 0 Å². The summed E-state index contributed by atoms with van der Waals surface area (Å²) in [6, 6.07) is 21.9. The average molecular weight is 341 g/mol. The highest BCUT2D eigenvalue weighted by atomic mass is 16.2. The highest BCUT2D eigenvalue weighted by Crippen LogP contribution is 2.22. The van der Waals surface area contributed by atoms with Crippen LogP contribution in [-0.2, 0) is 0 Å². The van der Waals surface area contributed by atoms with Crippen LogP contribution in [0.4, 0.5) is 5.69 Å². The van der Waals surface area contributed by atoms with Crippen molar-refractivity contribution in [2.75, 3.05) is 18.4 Å². The molecule has 4 heteroatoms. The maximum absolute atomic E-state index is 12.7. The number of hydrogen-bond donors (Lipinski definition) is 1. The van der Waals surface area contributed by atoms with E-state index in [9.17, 15) is 4.79 Å². The molecule has 1 aliphatic rings. The third-order valence-corrected chi connectivity index (χ3v) is 4.77. The zero-order chi connectivity index (χ0) is 18.1. The Bertz CT molecular complexity index is 1030. The Morgan fingerprint density at radius 1 is 1.08 bits per heavy atom. The lowest BCUT2D eigenvalue weighted by molar-refractivity contribution is 0.0625. The summed E-state index contributed by atoms with van der Waals surface area (Å²) in [7, 11) is 0. The molecule has 0 radical (unpaired) electrons. The van der Waals surface area contributed by atoms with Crippen LogP contribution >= 0.6 is 0 Å². The SMILES string of the molecule is Cc1ccc2cc(C(=O)N3CC(Nc4cccc(C#N)c4)C3)ccc2c1. The first-order chi connectivity index (χ1) is 12.6. The van der Waals surface area contributed by atoms with Gasteiger partial charge in [0.05, 0.1) is 17.7 Å². The van der Waals surface area contributed by atoms with Gasteiger partial charge in [-0.2, -0.15) is 5.26 Å². The number of carbonyl (C=O) groups excluding carboxylic acids is 1. The van der Waals surface area contributed by atoms with Crippen LogP contribution in [0.25, 0.3) is 10.8 Å². The minimum absolute atomic E-state index is 0.0660. The first-order valence-corrected chi connectivity index (χ1v) is 8.69. The van der Waals surface area contributed by atoms with Crippen molar-refractivity contribution < 1.29 is 4.79 Å². The summed E-state index contributed by atoms with van der Waals surface area (Å²) in [5.41, 5.74) is 3.50. The van der Waals surface area contributed by atoms with Crippen LogP contribution in [0.1, 0.15) is 21.5 Å². The van der Waals surface area contributed by atoms with E-state index in [-0.39, 0.29) is 11.9 Å². The Balaban J connectivity index is 1.41. The van der Waals surface area contributed by atoms with Crippen LogP contribution in [0.15, 0.2) is 60.7 Å². The molecule has 128 valence electrons. The molecule has 3 aromatic carbocycles. The van der Waals surface area contributed by atoms with Crippen molar-refractivity contribution in [1.82, 2.24) is 4.90 Å². The van der Waals surface area contributed by atoms with Crippen molar-refractivity contribution in [3.8, 4) is 6.07 Å². The molecule has 3 aromatic rings. The number of benzene rings is 3. The van der Waals surface area contributed by atoms with E-state index >= 15 is 0 Å². The summed E-state index contributed by atoms with van der Waals surface area (Å²) < 4.78 is 0. The Hall–Kier alpha value is -3.32. The molecular weight excluding hydrogens is 322 g/mol. The van der Waals surface area contributed by atoms with Crippen molar-refractivity contribution in [2.24, 2.45) is 0 Å². The number of carbonyl (C=O) groups is 1. The summed E-state index contributed by atoms with van der Waals surface area (Å²) in [5, 5.41) is 14.6. The fourth-order valence-corrected chi connectivity index (χ4v) is 3.33. The summed E-state index contributed by atoms with van der Waals surface area (Å²) in [6.45, 7) is 3.40. The van der Waals surface area contributed by atoms with E-state index in [2.05, 4.69) is 36.5 Å². The molecule has 0 aliphatic carbocycles. The van der Waals surface area contributed by atoms with Crippen LogP contribution < -0.4 is 5.32 Å². The lowest BCUT2D eigenvalue weighted by atomic mass is 10.0. The molecule has 1 saturated heterocycles. The predicted octanol–water partition coefficient (Wildman–Crippen LogP) is 3.96. The van der Waals surface area contributed by atoms with Gasteiger partial charge in [0.15, 0.2) is 0 Å². The van der Waals surface area contributed by atoms with Gasteiger partial charge in [0.2, 0.25) is 0 Å². The Kier molecular flexibility index (Phi) is 4.06. The highest BCUT2D eigenvalue weighted by Gasteiger charge is 2.31. The molecule has 1 fully saturated rings. The van der Waals surface area contributed by atoms with E-state index in [0.717, 1.165) is 22.0 Å². The van der Waals surface area contributed by atoms with Crippen molar-refractivity contribution in [3.05, 3.63) is 77.4 Å². The fourth-order valence-electron chi connectivity index (χ4n) is 3.33. The molecule has 0 saturated carbocycles. The highest BCUT2D eigenvalue weighted by molar-refractivity contribution is 5.99. The van der Waals surface area contributed by atoms with Gasteiger partial charge in [0.25, 0.3) is 5.91 Å². The second-order valence-electron chi connectivity index (χ2n) is 6.81. The number of amides is 1. The topological polar surface area (TPSA) is 56.1 Å². The van der Waals surface area contributed by atoms with Crippen LogP contribution in [0.2, 0.25) is 0 Å². The van der Waals surface area contributed by atoms with Gasteiger partial charge in [0.1, 0.15) is 0 Å². The van der Waals surface area contributed by atoms with E-state index in [1.807, 2.05) is 41.3 Å². The number of nitriles is 1. The molecule has 4 nitrogen and oxygen atoms in total. The molecule has 0 unspecified atom stereocenters. The number of anilines is 1. The minimum Gasteiger partial charge on any atom is -0.379 e. The quantitative estimate of drug-likeness (QED) is 0.784. The molecule has 0 spiro atoms. The van der Waals surface area contributed by atoms with E-state index in [1.54, 1.807) is 6.07 Å². The van der Waals surface area contributed by atoms with Crippen LogP contribution in [0.3, 0.4) is 0 Å². The van der Waals surface area contributed by atoms with Gasteiger partial charge in [0, 0.05) is 24.3 Å². The molecule has 26 heavy (non-hydrogen) atoms. The first kappa shape index (κ1) is 16.2. The van der Waals surface area contributed by atoms with Gasteiger partial charge in [-0.1, -0.05) is 35.9 Å². The first-order valence-electron chi connectivity index (χ1n) is 8.69. The maximum atomic E-state index is 12.7. The summed E-state index contributed by atoms with van der Waals surface area (Å²) in [6.07, 6.45) is 0. The van der Waals surface area contributed by atoms with Gasteiger partial charge in [-0.05, 0) is 48.0 Å². The molecule has 1 heterocycles. The molecule has 0 atom stereocenters. The minimum atomic E-state index is 0.0660. The summed E-state index contributed by atoms with van der Waals surface area (Å²) >= 11 is 0. The van der Waals surface area contributed by atoms with Crippen LogP contribution in [0, 0.1) is 18.3 Å². The van der Waals surface area contributed by atoms with Gasteiger partial charge in [-0.3, -0.25) is 4.79 Å². The number of hydrogen-bond acceptors (Lipinski definition) is 3. The third kappa shape index (κ3) is 3.12. The molecule has 1 N–H and O–H groups in total. The van der Waals surface area contributed by atoms with Crippen molar-refractivity contribution in [1.29, 1.82) is 5.26 Å². The number of nitrogens with zero attached hydrogens (tertiary/aromatic N) is 2. The lowest BCUT2D eigenvalue weighted by Gasteiger charge is -2.40. The van der Waals surface area contributed by atoms with Crippen molar-refractivity contribution in [2.45, 2.75) is 13.0 Å². The van der Waals surface area contributed by atoms with E-state index < -0.39 is 0 Å². The van der Waals surface area contributed by atoms with Crippen molar-refractivity contribution >= 4 is 22.4 Å². The van der Waals surface area contributed by atoms with Gasteiger partial charge < -0.3 is 10.2 Å². The van der Waals surface area contributed by atoms with E-state index in [4.69, 9.17) is 5.26 Å². The molecule has 1 amide bonds. The van der Waals surface area contributed by atoms with E-state index in [1.165, 1.54) is 5.56 Å². The third-order valence-electron chi connectivity index (χ3n) is 4.77. The Morgan fingerprint density at radius 2 is 1.85 bits per heavy atom. The second kappa shape index (κ2) is 6.53. The smallest absolute Gasteiger partial charge is 0.254 e. The van der Waals surface area contributed by atoms with Gasteiger partial charge >= 0.3 is 0 Å². The summed E-state index contributed by atoms with van der Waals surface area (Å²) in [5.74, 6) is 0.0660. The largest absolute Gasteiger partial charge is 0.379 e. The molecule has 1 aliphatic heterocycles. The normalized spacial score (nSPS) is 13.9. The summed E-state index contributed by atoms with van der Waals surface area (Å²) in [4.78, 5) is 14.5. The van der Waals surface area contributed by atoms with Crippen LogP contribution in [0.5, 0.6) is 0 Å². The van der Waals surface area contributed by atoms with Crippen LogP contribution in [-0.4, -0.2) is 29.9 Å². The number of nitrogens with one attached hydrogen (secondary N) is 1. The average Bonchev–Trinajstić information content (AvgIpc) is 2.63. The zero-order valence-electron chi connectivity index (χ0n) is 14.6. The molecule has 4 rings (SSSR count).